The number of aryl methyl sites for hydroxylation is 1. The van der Waals surface area contributed by atoms with Gasteiger partial charge >= 0.3 is 0 Å². The van der Waals surface area contributed by atoms with E-state index >= 15 is 0 Å². The fourth-order valence-corrected chi connectivity index (χ4v) is 2.66. The molecule has 1 amide bonds. The first-order valence-corrected chi connectivity index (χ1v) is 8.20. The molecule has 4 nitrogen and oxygen atoms in total. The zero-order chi connectivity index (χ0) is 18.0. The van der Waals surface area contributed by atoms with Crippen LogP contribution in [0.1, 0.15) is 21.5 Å². The van der Waals surface area contributed by atoms with Gasteiger partial charge < -0.3 is 10.3 Å². The summed E-state index contributed by atoms with van der Waals surface area (Å²) in [6, 6.07) is 16.3. The Bertz CT molecular complexity index is 991. The number of nitrogens with one attached hydrogen (secondary N) is 2. The number of anilines is 1. The highest BCUT2D eigenvalue weighted by Gasteiger charge is 2.13. The first-order valence-electron chi connectivity index (χ1n) is 7.82. The number of hydrogen-bond donors (Lipinski definition) is 2. The maximum Gasteiger partial charge on any atom is 0.261 e. The first kappa shape index (κ1) is 17.0. The Balaban J connectivity index is 1.88. The van der Waals surface area contributed by atoms with E-state index in [9.17, 15) is 9.59 Å². The lowest BCUT2D eigenvalue weighted by atomic mass is 10.1. The second kappa shape index (κ2) is 6.95. The lowest BCUT2D eigenvalue weighted by Gasteiger charge is -2.09. The molecule has 1 heterocycles. The van der Waals surface area contributed by atoms with Crippen LogP contribution in [-0.2, 0) is 0 Å². The largest absolute Gasteiger partial charge is 0.322 e. The Hall–Kier alpha value is -2.85. The highest BCUT2D eigenvalue weighted by Crippen LogP contribution is 2.23. The molecular weight excluding hydrogens is 336 g/mol. The summed E-state index contributed by atoms with van der Waals surface area (Å²) in [6.45, 7) is 3.81. The number of amides is 1. The van der Waals surface area contributed by atoms with Gasteiger partial charge in [-0.2, -0.15) is 0 Å². The quantitative estimate of drug-likeness (QED) is 0.725. The number of aromatic nitrogens is 1. The number of carbonyl (C=O) groups excluding carboxylic acids is 1. The SMILES string of the molecule is Cc1ccc(-c2ccc(C(=O)Nc3cccc(Cl)c3C)c(=O)[nH]2)cc1. The maximum atomic E-state index is 12.4. The Morgan fingerprint density at radius 3 is 2.40 bits per heavy atom. The Morgan fingerprint density at radius 2 is 1.72 bits per heavy atom. The van der Waals surface area contributed by atoms with Crippen LogP contribution >= 0.6 is 11.6 Å². The van der Waals surface area contributed by atoms with Crippen LogP contribution in [0.4, 0.5) is 5.69 Å². The molecule has 0 fully saturated rings. The second-order valence-corrected chi connectivity index (χ2v) is 6.25. The third kappa shape index (κ3) is 3.64. The smallest absolute Gasteiger partial charge is 0.261 e. The molecular formula is C20H17ClN2O2. The minimum atomic E-state index is -0.470. The van der Waals surface area contributed by atoms with Crippen LogP contribution < -0.4 is 10.9 Å². The van der Waals surface area contributed by atoms with Crippen molar-refractivity contribution in [3.05, 3.63) is 86.7 Å². The highest BCUT2D eigenvalue weighted by atomic mass is 35.5. The Morgan fingerprint density at radius 1 is 1.00 bits per heavy atom. The van der Waals surface area contributed by atoms with Crippen LogP contribution in [0.15, 0.2) is 59.4 Å². The van der Waals surface area contributed by atoms with Gasteiger partial charge in [-0.1, -0.05) is 47.5 Å². The molecule has 2 N–H and O–H groups in total. The zero-order valence-corrected chi connectivity index (χ0v) is 14.6. The summed E-state index contributed by atoms with van der Waals surface area (Å²) in [5, 5.41) is 3.29. The van der Waals surface area contributed by atoms with Gasteiger partial charge in [0, 0.05) is 16.4 Å². The molecule has 3 rings (SSSR count). The molecule has 2 aromatic carbocycles. The van der Waals surface area contributed by atoms with Gasteiger partial charge in [0.05, 0.1) is 0 Å². The van der Waals surface area contributed by atoms with Crippen LogP contribution in [-0.4, -0.2) is 10.9 Å². The number of H-pyrrole nitrogens is 1. The van der Waals surface area contributed by atoms with Crippen molar-refractivity contribution < 1.29 is 4.79 Å². The molecule has 5 heteroatoms. The van der Waals surface area contributed by atoms with E-state index < -0.39 is 11.5 Å². The van der Waals surface area contributed by atoms with Gasteiger partial charge in [-0.25, -0.2) is 0 Å². The standard InChI is InChI=1S/C20H17ClN2O2/c1-12-6-8-14(9-7-12)18-11-10-15(20(25)23-18)19(24)22-17-5-3-4-16(21)13(17)2/h3-11H,1-2H3,(H,22,24)(H,23,25). The van der Waals surface area contributed by atoms with Gasteiger partial charge in [-0.05, 0) is 49.2 Å². The van der Waals surface area contributed by atoms with E-state index in [1.54, 1.807) is 24.3 Å². The van der Waals surface area contributed by atoms with Crippen molar-refractivity contribution in [3.63, 3.8) is 0 Å². The summed E-state index contributed by atoms with van der Waals surface area (Å²) in [7, 11) is 0. The zero-order valence-electron chi connectivity index (χ0n) is 13.9. The maximum absolute atomic E-state index is 12.4. The summed E-state index contributed by atoms with van der Waals surface area (Å²) in [5.74, 6) is -0.470. The van der Waals surface area contributed by atoms with Crippen molar-refractivity contribution in [2.24, 2.45) is 0 Å². The summed E-state index contributed by atoms with van der Waals surface area (Å²) in [6.07, 6.45) is 0. The van der Waals surface area contributed by atoms with Crippen LogP contribution in [0.25, 0.3) is 11.3 Å². The molecule has 0 saturated carbocycles. The average molecular weight is 353 g/mol. The highest BCUT2D eigenvalue weighted by molar-refractivity contribution is 6.31. The van der Waals surface area contributed by atoms with E-state index in [2.05, 4.69) is 10.3 Å². The molecule has 0 spiro atoms. The molecule has 0 saturated heterocycles. The van der Waals surface area contributed by atoms with E-state index in [0.29, 0.717) is 16.4 Å². The van der Waals surface area contributed by atoms with Gasteiger partial charge in [-0.3, -0.25) is 9.59 Å². The molecule has 0 unspecified atom stereocenters. The number of aromatic amines is 1. The fourth-order valence-electron chi connectivity index (χ4n) is 2.49. The minimum absolute atomic E-state index is 0.0511. The normalized spacial score (nSPS) is 10.5. The molecule has 25 heavy (non-hydrogen) atoms. The Labute approximate surface area is 150 Å². The fraction of sp³-hybridized carbons (Fsp3) is 0.100. The molecule has 0 aliphatic heterocycles. The third-order valence-electron chi connectivity index (χ3n) is 4.03. The molecule has 0 radical (unpaired) electrons. The molecule has 0 bridgehead atoms. The van der Waals surface area contributed by atoms with Crippen molar-refractivity contribution in [3.8, 4) is 11.3 Å². The van der Waals surface area contributed by atoms with Crippen molar-refractivity contribution in [2.75, 3.05) is 5.32 Å². The first-order chi connectivity index (χ1) is 12.0. The minimum Gasteiger partial charge on any atom is -0.322 e. The summed E-state index contributed by atoms with van der Waals surface area (Å²) >= 11 is 6.06. The third-order valence-corrected chi connectivity index (χ3v) is 4.44. The van der Waals surface area contributed by atoms with Crippen LogP contribution in [0.5, 0.6) is 0 Å². The monoisotopic (exact) mass is 352 g/mol. The molecule has 0 aliphatic rings. The summed E-state index contributed by atoms with van der Waals surface area (Å²) in [4.78, 5) is 27.5. The van der Waals surface area contributed by atoms with Crippen LogP contribution in [0.2, 0.25) is 5.02 Å². The van der Waals surface area contributed by atoms with E-state index in [1.807, 2.05) is 38.1 Å². The van der Waals surface area contributed by atoms with Gasteiger partial charge in [0.1, 0.15) is 5.56 Å². The van der Waals surface area contributed by atoms with Gasteiger partial charge in [0.2, 0.25) is 0 Å². The lowest BCUT2D eigenvalue weighted by Crippen LogP contribution is -2.23. The predicted octanol–water partition coefficient (Wildman–Crippen LogP) is 4.56. The predicted molar refractivity (Wildman–Crippen MR) is 101 cm³/mol. The van der Waals surface area contributed by atoms with E-state index in [1.165, 1.54) is 6.07 Å². The van der Waals surface area contributed by atoms with E-state index in [0.717, 1.165) is 16.7 Å². The topological polar surface area (TPSA) is 62.0 Å². The van der Waals surface area contributed by atoms with Gasteiger partial charge in [-0.15, -0.1) is 0 Å². The van der Waals surface area contributed by atoms with Crippen molar-refractivity contribution in [1.82, 2.24) is 4.98 Å². The number of halogens is 1. The number of hydrogen-bond acceptors (Lipinski definition) is 2. The lowest BCUT2D eigenvalue weighted by molar-refractivity contribution is 0.102. The molecule has 0 atom stereocenters. The van der Waals surface area contributed by atoms with Crippen LogP contribution in [0.3, 0.4) is 0 Å². The van der Waals surface area contributed by atoms with E-state index in [4.69, 9.17) is 11.6 Å². The number of rotatable bonds is 3. The second-order valence-electron chi connectivity index (χ2n) is 5.85. The Kier molecular flexibility index (Phi) is 4.72. The molecule has 3 aromatic rings. The van der Waals surface area contributed by atoms with Crippen molar-refractivity contribution in [1.29, 1.82) is 0 Å². The van der Waals surface area contributed by atoms with E-state index in [-0.39, 0.29) is 5.56 Å². The number of carbonyl (C=O) groups is 1. The van der Waals surface area contributed by atoms with Crippen molar-refractivity contribution in [2.45, 2.75) is 13.8 Å². The van der Waals surface area contributed by atoms with Crippen molar-refractivity contribution >= 4 is 23.2 Å². The van der Waals surface area contributed by atoms with Gasteiger partial charge in [0.15, 0.2) is 0 Å². The number of pyridine rings is 1. The summed E-state index contributed by atoms with van der Waals surface area (Å²) in [5.41, 5.74) is 3.65. The molecule has 1 aromatic heterocycles. The average Bonchev–Trinajstić information content (AvgIpc) is 2.59. The molecule has 126 valence electrons. The summed E-state index contributed by atoms with van der Waals surface area (Å²) < 4.78 is 0. The molecule has 0 aliphatic carbocycles. The van der Waals surface area contributed by atoms with Gasteiger partial charge in [0.25, 0.3) is 11.5 Å². The van der Waals surface area contributed by atoms with Crippen LogP contribution in [0, 0.1) is 13.8 Å². The number of benzene rings is 2.